The average Bonchev–Trinajstić information content (AvgIpc) is 3.16. The van der Waals surface area contributed by atoms with E-state index in [9.17, 15) is 9.90 Å². The first-order valence-electron chi connectivity index (χ1n) is 10.1. The third-order valence-corrected chi connectivity index (χ3v) is 5.87. The number of likely N-dealkylation sites (tertiary alicyclic amines) is 1. The monoisotopic (exact) mass is 381 g/mol. The third-order valence-electron chi connectivity index (χ3n) is 5.87. The van der Waals surface area contributed by atoms with Crippen molar-refractivity contribution in [2.24, 2.45) is 5.92 Å². The van der Waals surface area contributed by atoms with Crippen molar-refractivity contribution in [2.45, 2.75) is 26.2 Å². The molecule has 6 nitrogen and oxygen atoms in total. The highest BCUT2D eigenvalue weighted by Crippen LogP contribution is 2.36. The first-order chi connectivity index (χ1) is 13.6. The van der Waals surface area contributed by atoms with Gasteiger partial charge < -0.3 is 19.6 Å². The van der Waals surface area contributed by atoms with E-state index in [0.29, 0.717) is 11.5 Å². The van der Waals surface area contributed by atoms with Crippen LogP contribution in [0.5, 0.6) is 5.75 Å². The number of rotatable bonds is 6. The minimum absolute atomic E-state index is 0.338. The van der Waals surface area contributed by atoms with Gasteiger partial charge in [-0.1, -0.05) is 6.92 Å². The van der Waals surface area contributed by atoms with Gasteiger partial charge in [-0.25, -0.2) is 4.79 Å². The molecule has 2 aromatic rings. The van der Waals surface area contributed by atoms with Crippen molar-refractivity contribution >= 4 is 17.3 Å². The van der Waals surface area contributed by atoms with Gasteiger partial charge in [-0.3, -0.25) is 4.98 Å². The lowest BCUT2D eigenvalue weighted by Gasteiger charge is -2.30. The summed E-state index contributed by atoms with van der Waals surface area (Å²) < 4.78 is 6.07. The number of piperidine rings is 1. The molecule has 6 heteroatoms. The van der Waals surface area contributed by atoms with Crippen LogP contribution in [0.2, 0.25) is 0 Å². The molecule has 0 unspecified atom stereocenters. The number of carbonyl (C=O) groups is 1. The maximum Gasteiger partial charge on any atom is 0.335 e. The Labute approximate surface area is 165 Å². The van der Waals surface area contributed by atoms with Gasteiger partial charge in [0.05, 0.1) is 30.3 Å². The molecule has 2 aliphatic heterocycles. The van der Waals surface area contributed by atoms with Crippen LogP contribution in [0, 0.1) is 5.92 Å². The molecular weight excluding hydrogens is 354 g/mol. The van der Waals surface area contributed by atoms with Gasteiger partial charge in [0.1, 0.15) is 5.75 Å². The fourth-order valence-electron chi connectivity index (χ4n) is 4.12. The second-order valence-corrected chi connectivity index (χ2v) is 7.62. The van der Waals surface area contributed by atoms with E-state index >= 15 is 0 Å². The van der Waals surface area contributed by atoms with Gasteiger partial charge >= 0.3 is 5.97 Å². The van der Waals surface area contributed by atoms with E-state index in [1.165, 1.54) is 12.8 Å². The molecule has 3 heterocycles. The third kappa shape index (κ3) is 3.97. The molecule has 0 bridgehead atoms. The van der Waals surface area contributed by atoms with E-state index in [-0.39, 0.29) is 0 Å². The number of anilines is 2. The lowest BCUT2D eigenvalue weighted by molar-refractivity contribution is 0.0697. The number of fused-ring (bicyclic) bond motifs is 1. The van der Waals surface area contributed by atoms with Gasteiger partial charge in [-0.2, -0.15) is 0 Å². The first-order valence-corrected chi connectivity index (χ1v) is 10.1. The van der Waals surface area contributed by atoms with Crippen LogP contribution in [-0.2, 0) is 6.42 Å². The van der Waals surface area contributed by atoms with Gasteiger partial charge in [-0.15, -0.1) is 0 Å². The number of nitrogens with zero attached hydrogens (tertiary/aromatic N) is 3. The van der Waals surface area contributed by atoms with Gasteiger partial charge in [0.2, 0.25) is 0 Å². The zero-order valence-corrected chi connectivity index (χ0v) is 16.3. The molecule has 2 aliphatic rings. The summed E-state index contributed by atoms with van der Waals surface area (Å²) in [4.78, 5) is 20.2. The lowest BCUT2D eigenvalue weighted by atomic mass is 9.98. The van der Waals surface area contributed by atoms with E-state index in [2.05, 4.69) is 21.7 Å². The Morgan fingerprint density at radius 2 is 2.04 bits per heavy atom. The van der Waals surface area contributed by atoms with Crippen LogP contribution < -0.4 is 9.64 Å². The minimum Gasteiger partial charge on any atom is -0.492 e. The van der Waals surface area contributed by atoms with Crippen molar-refractivity contribution in [1.82, 2.24) is 9.88 Å². The summed E-state index contributed by atoms with van der Waals surface area (Å²) in [5.41, 5.74) is 3.44. The molecule has 1 aromatic carbocycles. The molecule has 0 amide bonds. The molecule has 0 aliphatic carbocycles. The van der Waals surface area contributed by atoms with Crippen LogP contribution in [0.1, 0.15) is 35.7 Å². The number of ether oxygens (including phenoxy) is 1. The molecule has 0 radical (unpaired) electrons. The van der Waals surface area contributed by atoms with Crippen LogP contribution in [0.3, 0.4) is 0 Å². The van der Waals surface area contributed by atoms with Gasteiger partial charge in [0.25, 0.3) is 0 Å². The smallest absolute Gasteiger partial charge is 0.335 e. The van der Waals surface area contributed by atoms with Crippen molar-refractivity contribution in [3.63, 3.8) is 0 Å². The highest BCUT2D eigenvalue weighted by molar-refractivity contribution is 5.89. The predicted octanol–water partition coefficient (Wildman–Crippen LogP) is 3.58. The minimum atomic E-state index is -0.886. The van der Waals surface area contributed by atoms with Crippen molar-refractivity contribution in [1.29, 1.82) is 0 Å². The summed E-state index contributed by atoms with van der Waals surface area (Å²) in [6.07, 6.45) is 6.82. The van der Waals surface area contributed by atoms with Gasteiger partial charge in [0.15, 0.2) is 0 Å². The molecule has 4 rings (SSSR count). The average molecular weight is 381 g/mol. The van der Waals surface area contributed by atoms with E-state index in [0.717, 1.165) is 61.9 Å². The molecular formula is C22H27N3O3. The summed E-state index contributed by atoms with van der Waals surface area (Å²) in [7, 11) is 0. The quantitative estimate of drug-likeness (QED) is 0.825. The molecule has 1 saturated heterocycles. The predicted molar refractivity (Wildman–Crippen MR) is 109 cm³/mol. The Bertz CT molecular complexity index is 847. The molecule has 148 valence electrons. The van der Waals surface area contributed by atoms with Gasteiger partial charge in [0, 0.05) is 18.3 Å². The zero-order valence-electron chi connectivity index (χ0n) is 16.3. The van der Waals surface area contributed by atoms with Crippen LogP contribution in [0.4, 0.5) is 11.4 Å². The summed E-state index contributed by atoms with van der Waals surface area (Å²) in [6, 6.07) is 7.36. The Hall–Kier alpha value is -2.60. The Kier molecular flexibility index (Phi) is 5.48. The summed E-state index contributed by atoms with van der Waals surface area (Å²) in [5.74, 6) is 0.516. The SMILES string of the molecule is CCN1CCC(COc2cncc(N3CCc4cc(C(=O)O)ccc43)c2)CC1. The fraction of sp³-hybridized carbons (Fsp3) is 0.455. The second-order valence-electron chi connectivity index (χ2n) is 7.62. The molecule has 1 N–H and O–H groups in total. The molecule has 0 saturated carbocycles. The summed E-state index contributed by atoms with van der Waals surface area (Å²) in [5, 5.41) is 9.19. The number of hydrogen-bond acceptors (Lipinski definition) is 5. The largest absolute Gasteiger partial charge is 0.492 e. The summed E-state index contributed by atoms with van der Waals surface area (Å²) in [6.45, 7) is 7.22. The Morgan fingerprint density at radius 1 is 1.21 bits per heavy atom. The van der Waals surface area contributed by atoms with Crippen LogP contribution in [0.15, 0.2) is 36.7 Å². The van der Waals surface area contributed by atoms with Crippen molar-refractivity contribution in [2.75, 3.05) is 37.7 Å². The first kappa shape index (κ1) is 18.7. The molecule has 1 fully saturated rings. The topological polar surface area (TPSA) is 65.9 Å². The van der Waals surface area contributed by atoms with E-state index in [1.807, 2.05) is 18.3 Å². The molecule has 0 spiro atoms. The second kappa shape index (κ2) is 8.19. The zero-order chi connectivity index (χ0) is 19.5. The van der Waals surface area contributed by atoms with Crippen molar-refractivity contribution < 1.29 is 14.6 Å². The standard InChI is InChI=1S/C22H27N3O3/c1-2-24-8-5-16(6-9-24)15-28-20-12-19(13-23-14-20)25-10-7-17-11-18(22(26)27)3-4-21(17)25/h3-4,11-14,16H,2,5-10,15H2,1H3,(H,26,27). The number of carboxylic acid groups (broad SMARTS) is 1. The highest BCUT2D eigenvalue weighted by atomic mass is 16.5. The lowest BCUT2D eigenvalue weighted by Crippen LogP contribution is -2.35. The number of hydrogen-bond donors (Lipinski definition) is 1. The molecule has 0 atom stereocenters. The Morgan fingerprint density at radius 3 is 2.79 bits per heavy atom. The molecule has 1 aromatic heterocycles. The maximum absolute atomic E-state index is 11.2. The number of benzene rings is 1. The molecule has 28 heavy (non-hydrogen) atoms. The van der Waals surface area contributed by atoms with E-state index in [1.54, 1.807) is 18.3 Å². The number of aromatic nitrogens is 1. The van der Waals surface area contributed by atoms with Crippen LogP contribution >= 0.6 is 0 Å². The van der Waals surface area contributed by atoms with E-state index < -0.39 is 5.97 Å². The number of carboxylic acids is 1. The normalized spacial score (nSPS) is 17.5. The Balaban J connectivity index is 1.42. The van der Waals surface area contributed by atoms with Gasteiger partial charge in [-0.05, 0) is 68.6 Å². The van der Waals surface area contributed by atoms with Crippen LogP contribution in [0.25, 0.3) is 0 Å². The van der Waals surface area contributed by atoms with Crippen molar-refractivity contribution in [3.05, 3.63) is 47.8 Å². The fourth-order valence-corrected chi connectivity index (χ4v) is 4.12. The van der Waals surface area contributed by atoms with Crippen molar-refractivity contribution in [3.8, 4) is 5.75 Å². The number of aromatic carboxylic acids is 1. The highest BCUT2D eigenvalue weighted by Gasteiger charge is 2.23. The summed E-state index contributed by atoms with van der Waals surface area (Å²) >= 11 is 0. The van der Waals surface area contributed by atoms with Crippen LogP contribution in [-0.4, -0.2) is 53.7 Å². The van der Waals surface area contributed by atoms with E-state index in [4.69, 9.17) is 4.74 Å². The maximum atomic E-state index is 11.2. The number of pyridine rings is 1.